The molecule has 0 saturated heterocycles. The van der Waals surface area contributed by atoms with Gasteiger partial charge < -0.3 is 29.5 Å². The zero-order chi connectivity index (χ0) is 33.4. The van der Waals surface area contributed by atoms with Crippen LogP contribution in [0.1, 0.15) is 18.1 Å². The van der Waals surface area contributed by atoms with E-state index in [1.54, 1.807) is 66.7 Å². The number of alkyl carbamates (subject to hydrolysis) is 1. The lowest BCUT2D eigenvalue weighted by Crippen LogP contribution is -2.47. The molecule has 4 aromatic carbocycles. The molecule has 12 heteroatoms. The molecular weight excluding hydrogens is 623 g/mol. The fourth-order valence-corrected chi connectivity index (χ4v) is 6.73. The molecule has 47 heavy (non-hydrogen) atoms. The van der Waals surface area contributed by atoms with E-state index in [1.165, 1.54) is 6.92 Å². The van der Waals surface area contributed by atoms with E-state index in [-0.39, 0.29) is 19.8 Å². The molecule has 0 saturated carbocycles. The average molecular weight is 659 g/mol. The van der Waals surface area contributed by atoms with E-state index in [2.05, 4.69) is 5.32 Å². The Morgan fingerprint density at radius 3 is 2.19 bits per heavy atom. The molecule has 0 fully saturated rings. The maximum Gasteiger partial charge on any atom is 0.407 e. The third kappa shape index (κ3) is 8.78. The van der Waals surface area contributed by atoms with Gasteiger partial charge in [0.2, 0.25) is 20.1 Å². The van der Waals surface area contributed by atoms with Gasteiger partial charge in [0.15, 0.2) is 11.5 Å². The normalized spacial score (nSPS) is 14.3. The van der Waals surface area contributed by atoms with Crippen molar-refractivity contribution in [2.75, 3.05) is 24.1 Å². The summed E-state index contributed by atoms with van der Waals surface area (Å²) in [6.07, 6.45) is -2.08. The Kier molecular flexibility index (Phi) is 10.6. The van der Waals surface area contributed by atoms with Crippen molar-refractivity contribution in [1.29, 1.82) is 0 Å². The second kappa shape index (κ2) is 15.0. The number of anilines is 1. The molecule has 2 amide bonds. The van der Waals surface area contributed by atoms with Crippen LogP contribution in [0.15, 0.2) is 103 Å². The number of carboxylic acids is 1. The summed E-state index contributed by atoms with van der Waals surface area (Å²) in [6, 6.07) is 29.2. The van der Waals surface area contributed by atoms with E-state index in [0.29, 0.717) is 22.7 Å². The van der Waals surface area contributed by atoms with Gasteiger partial charge in [0, 0.05) is 11.8 Å². The number of ether oxygens (including phenoxy) is 3. The van der Waals surface area contributed by atoms with Crippen LogP contribution in [0.25, 0.3) is 11.1 Å². The standard InChI is InChI=1S/C35H35N2O9P/c1-24(34(39)40)37(30-15-13-28(14-16-30)27-10-6-3-7-11-27)33(38)29(18-26-12-17-31-32(19-26)46-23-45-31)21-47(42,43)22-36-35(41)44-20-25-8-4-2-5-9-25/h2-17,19,24,29H,18,20-23H2,1H3,(H,36,41)(H,39,40)(H,42,43)/t24-,29?/m0/s1. The molecule has 5 rings (SSSR count). The molecule has 1 aliphatic heterocycles. The molecule has 244 valence electrons. The molecule has 4 aromatic rings. The van der Waals surface area contributed by atoms with Crippen LogP contribution in [-0.4, -0.2) is 53.3 Å². The summed E-state index contributed by atoms with van der Waals surface area (Å²) in [6.45, 7) is 1.40. The highest BCUT2D eigenvalue weighted by atomic mass is 31.2. The monoisotopic (exact) mass is 658 g/mol. The van der Waals surface area contributed by atoms with Crippen LogP contribution < -0.4 is 19.7 Å². The zero-order valence-electron chi connectivity index (χ0n) is 25.7. The lowest BCUT2D eigenvalue weighted by Gasteiger charge is -2.31. The Balaban J connectivity index is 1.38. The molecular formula is C35H35N2O9P. The first kappa shape index (κ1) is 33.2. The fourth-order valence-electron chi connectivity index (χ4n) is 5.25. The SMILES string of the molecule is C[C@@H](C(=O)O)N(C(=O)C(Cc1ccc2c(c1)OCO2)CP(=O)(O)CNC(=O)OCc1ccccc1)c1ccc(-c2ccccc2)cc1. The predicted molar refractivity (Wildman–Crippen MR) is 176 cm³/mol. The van der Waals surface area contributed by atoms with Crippen molar-refractivity contribution in [3.63, 3.8) is 0 Å². The fraction of sp³-hybridized carbons (Fsp3) is 0.229. The van der Waals surface area contributed by atoms with Gasteiger partial charge in [0.05, 0.1) is 12.2 Å². The number of carboxylic acid groups (broad SMARTS) is 1. The number of carbonyl (C=O) groups is 3. The van der Waals surface area contributed by atoms with Crippen molar-refractivity contribution in [3.8, 4) is 22.6 Å². The van der Waals surface area contributed by atoms with Gasteiger partial charge in [-0.05, 0) is 59.9 Å². The maximum atomic E-state index is 14.3. The number of benzene rings is 4. The highest BCUT2D eigenvalue weighted by Crippen LogP contribution is 2.43. The van der Waals surface area contributed by atoms with E-state index >= 15 is 0 Å². The minimum atomic E-state index is -4.20. The number of carbonyl (C=O) groups excluding carboxylic acids is 2. The van der Waals surface area contributed by atoms with Gasteiger partial charge in [-0.3, -0.25) is 14.3 Å². The first-order valence-corrected chi connectivity index (χ1v) is 17.0. The summed E-state index contributed by atoms with van der Waals surface area (Å²) in [7, 11) is -4.20. The number of aliphatic carboxylic acids is 1. The maximum absolute atomic E-state index is 14.3. The Labute approximate surface area is 272 Å². The summed E-state index contributed by atoms with van der Waals surface area (Å²) >= 11 is 0. The van der Waals surface area contributed by atoms with Crippen LogP contribution in [0.4, 0.5) is 10.5 Å². The Morgan fingerprint density at radius 1 is 0.872 bits per heavy atom. The van der Waals surface area contributed by atoms with E-state index in [9.17, 15) is 28.9 Å². The predicted octanol–water partition coefficient (Wildman–Crippen LogP) is 5.90. The third-order valence-corrected chi connectivity index (χ3v) is 9.36. The van der Waals surface area contributed by atoms with Crippen LogP contribution in [0, 0.1) is 5.92 Å². The lowest BCUT2D eigenvalue weighted by molar-refractivity contribution is -0.140. The smallest absolute Gasteiger partial charge is 0.407 e. The van der Waals surface area contributed by atoms with Crippen LogP contribution in [0.3, 0.4) is 0 Å². The summed E-state index contributed by atoms with van der Waals surface area (Å²) in [4.78, 5) is 51.1. The van der Waals surface area contributed by atoms with Crippen molar-refractivity contribution < 1.29 is 43.2 Å². The van der Waals surface area contributed by atoms with E-state index in [0.717, 1.165) is 21.6 Å². The van der Waals surface area contributed by atoms with Crippen LogP contribution >= 0.6 is 7.37 Å². The molecule has 3 N–H and O–H groups in total. The van der Waals surface area contributed by atoms with Gasteiger partial charge in [-0.2, -0.15) is 0 Å². The molecule has 1 aliphatic rings. The third-order valence-electron chi connectivity index (χ3n) is 7.69. The number of hydrogen-bond acceptors (Lipinski definition) is 7. The van der Waals surface area contributed by atoms with Crippen molar-refractivity contribution >= 4 is 31.0 Å². The molecule has 0 radical (unpaired) electrons. The van der Waals surface area contributed by atoms with E-state index < -0.39 is 49.7 Å². The number of fused-ring (bicyclic) bond motifs is 1. The summed E-state index contributed by atoms with van der Waals surface area (Å²) < 4.78 is 29.5. The van der Waals surface area contributed by atoms with Gasteiger partial charge >= 0.3 is 12.1 Å². The number of hydrogen-bond donors (Lipinski definition) is 3. The largest absolute Gasteiger partial charge is 0.480 e. The van der Waals surface area contributed by atoms with Gasteiger partial charge in [-0.15, -0.1) is 0 Å². The lowest BCUT2D eigenvalue weighted by atomic mass is 9.97. The molecule has 0 bridgehead atoms. The first-order chi connectivity index (χ1) is 22.6. The minimum Gasteiger partial charge on any atom is -0.480 e. The Morgan fingerprint density at radius 2 is 1.51 bits per heavy atom. The second-order valence-electron chi connectivity index (χ2n) is 11.1. The van der Waals surface area contributed by atoms with Crippen molar-refractivity contribution in [2.45, 2.75) is 26.0 Å². The summed E-state index contributed by atoms with van der Waals surface area (Å²) in [5.74, 6) is -2.06. The highest BCUT2D eigenvalue weighted by molar-refractivity contribution is 7.58. The summed E-state index contributed by atoms with van der Waals surface area (Å²) in [5.41, 5.74) is 3.49. The zero-order valence-corrected chi connectivity index (χ0v) is 26.5. The molecule has 2 unspecified atom stereocenters. The topological polar surface area (TPSA) is 152 Å². The molecule has 1 heterocycles. The Hall–Kier alpha value is -5.12. The van der Waals surface area contributed by atoms with Gasteiger partial charge in [0.1, 0.15) is 12.6 Å². The van der Waals surface area contributed by atoms with E-state index in [1.807, 2.05) is 36.4 Å². The van der Waals surface area contributed by atoms with Crippen molar-refractivity contribution in [3.05, 3.63) is 114 Å². The second-order valence-corrected chi connectivity index (χ2v) is 13.5. The number of nitrogens with one attached hydrogen (secondary N) is 1. The molecule has 0 aliphatic carbocycles. The molecule has 11 nitrogen and oxygen atoms in total. The highest BCUT2D eigenvalue weighted by Gasteiger charge is 2.37. The molecule has 0 aromatic heterocycles. The number of amides is 2. The Bertz CT molecular complexity index is 1750. The van der Waals surface area contributed by atoms with Crippen molar-refractivity contribution in [2.24, 2.45) is 5.92 Å². The molecule has 3 atom stereocenters. The minimum absolute atomic E-state index is 0.0105. The number of rotatable bonds is 13. The van der Waals surface area contributed by atoms with Crippen LogP contribution in [0.2, 0.25) is 0 Å². The van der Waals surface area contributed by atoms with E-state index in [4.69, 9.17) is 14.2 Å². The van der Waals surface area contributed by atoms with Crippen LogP contribution in [0.5, 0.6) is 11.5 Å². The van der Waals surface area contributed by atoms with Gasteiger partial charge in [0.25, 0.3) is 0 Å². The quantitative estimate of drug-likeness (QED) is 0.149. The summed E-state index contributed by atoms with van der Waals surface area (Å²) in [5, 5.41) is 12.3. The molecule has 0 spiro atoms. The van der Waals surface area contributed by atoms with Crippen molar-refractivity contribution in [1.82, 2.24) is 5.32 Å². The van der Waals surface area contributed by atoms with Crippen LogP contribution in [-0.2, 0) is 31.9 Å². The van der Waals surface area contributed by atoms with Gasteiger partial charge in [-0.1, -0.05) is 78.9 Å². The number of nitrogens with zero attached hydrogens (tertiary/aromatic N) is 1. The van der Waals surface area contributed by atoms with Gasteiger partial charge in [-0.25, -0.2) is 9.59 Å². The first-order valence-electron chi connectivity index (χ1n) is 14.9. The average Bonchev–Trinajstić information content (AvgIpc) is 3.55.